The highest BCUT2D eigenvalue weighted by Crippen LogP contribution is 2.23. The van der Waals surface area contributed by atoms with Crippen LogP contribution in [0.3, 0.4) is 0 Å². The molecule has 2 rings (SSSR count). The summed E-state index contributed by atoms with van der Waals surface area (Å²) in [5, 5.41) is 2.44. The molecule has 7 nitrogen and oxygen atoms in total. The van der Waals surface area contributed by atoms with Crippen molar-refractivity contribution in [2.75, 3.05) is 13.2 Å². The average Bonchev–Trinajstić information content (AvgIpc) is 2.72. The summed E-state index contributed by atoms with van der Waals surface area (Å²) in [7, 11) is 0. The number of hydrazine groups is 1. The number of benzene rings is 2. The summed E-state index contributed by atoms with van der Waals surface area (Å²) in [5.74, 6) is 0.0934. The Kier molecular flexibility index (Phi) is 9.54. The van der Waals surface area contributed by atoms with Gasteiger partial charge in [0.05, 0.1) is 12.2 Å². The number of amides is 2. The number of carbonyl (C=O) groups is 2. The van der Waals surface area contributed by atoms with Crippen LogP contribution in [0, 0.1) is 6.92 Å². The van der Waals surface area contributed by atoms with Crippen LogP contribution in [0.1, 0.15) is 29.3 Å². The SMILES string of the molecule is CCCOc1ccc(Br)cc1C(=O)NC(=S)NNC(=O)COc1ccc(Br)c(C)c1. The fourth-order valence-corrected chi connectivity index (χ4v) is 2.99. The summed E-state index contributed by atoms with van der Waals surface area (Å²) in [6.45, 7) is 4.16. The molecule has 0 aromatic heterocycles. The summed E-state index contributed by atoms with van der Waals surface area (Å²) >= 11 is 11.8. The Morgan fingerprint density at radius 2 is 1.83 bits per heavy atom. The molecule has 0 saturated heterocycles. The van der Waals surface area contributed by atoms with E-state index in [1.54, 1.807) is 24.3 Å². The second kappa shape index (κ2) is 11.9. The minimum atomic E-state index is -0.462. The molecule has 0 heterocycles. The predicted octanol–water partition coefficient (Wildman–Crippen LogP) is 4.02. The van der Waals surface area contributed by atoms with E-state index in [0.717, 1.165) is 20.9 Å². The first-order valence-electron chi connectivity index (χ1n) is 9.01. The monoisotopic (exact) mass is 557 g/mol. The van der Waals surface area contributed by atoms with Gasteiger partial charge in [-0.1, -0.05) is 38.8 Å². The average molecular weight is 559 g/mol. The second-order valence-electron chi connectivity index (χ2n) is 6.15. The smallest absolute Gasteiger partial charge is 0.276 e. The van der Waals surface area contributed by atoms with Crippen molar-refractivity contribution < 1.29 is 19.1 Å². The molecule has 0 aliphatic heterocycles. The van der Waals surface area contributed by atoms with Crippen LogP contribution in [0.15, 0.2) is 45.3 Å². The Balaban J connectivity index is 1.83. The number of ether oxygens (including phenoxy) is 2. The molecular formula is C20H21Br2N3O4S. The molecule has 2 aromatic carbocycles. The molecule has 10 heteroatoms. The minimum Gasteiger partial charge on any atom is -0.493 e. The van der Waals surface area contributed by atoms with Crippen molar-refractivity contribution in [2.45, 2.75) is 20.3 Å². The van der Waals surface area contributed by atoms with Crippen molar-refractivity contribution >= 4 is 61.0 Å². The van der Waals surface area contributed by atoms with Gasteiger partial charge in [-0.15, -0.1) is 0 Å². The van der Waals surface area contributed by atoms with Crippen molar-refractivity contribution in [3.05, 3.63) is 56.5 Å². The van der Waals surface area contributed by atoms with Gasteiger partial charge < -0.3 is 9.47 Å². The third-order valence-electron chi connectivity index (χ3n) is 3.69. The van der Waals surface area contributed by atoms with E-state index in [0.29, 0.717) is 23.7 Å². The van der Waals surface area contributed by atoms with Crippen LogP contribution in [-0.4, -0.2) is 30.1 Å². The van der Waals surface area contributed by atoms with Gasteiger partial charge >= 0.3 is 0 Å². The van der Waals surface area contributed by atoms with E-state index in [1.165, 1.54) is 0 Å². The lowest BCUT2D eigenvalue weighted by atomic mass is 10.2. The molecule has 0 unspecified atom stereocenters. The molecule has 2 aromatic rings. The zero-order chi connectivity index (χ0) is 22.1. The van der Waals surface area contributed by atoms with Gasteiger partial charge in [0.1, 0.15) is 11.5 Å². The Morgan fingerprint density at radius 3 is 2.53 bits per heavy atom. The van der Waals surface area contributed by atoms with Crippen molar-refractivity contribution in [3.63, 3.8) is 0 Å². The van der Waals surface area contributed by atoms with E-state index in [-0.39, 0.29) is 11.7 Å². The molecule has 0 radical (unpaired) electrons. The maximum atomic E-state index is 12.5. The van der Waals surface area contributed by atoms with Crippen LogP contribution in [-0.2, 0) is 4.79 Å². The Labute approximate surface area is 197 Å². The topological polar surface area (TPSA) is 88.7 Å². The highest BCUT2D eigenvalue weighted by atomic mass is 79.9. The Hall–Kier alpha value is -2.17. The van der Waals surface area contributed by atoms with Gasteiger partial charge in [-0.3, -0.25) is 25.8 Å². The number of hydrogen-bond acceptors (Lipinski definition) is 5. The van der Waals surface area contributed by atoms with Crippen molar-refractivity contribution in [1.29, 1.82) is 0 Å². The lowest BCUT2D eigenvalue weighted by Gasteiger charge is -2.14. The molecule has 3 N–H and O–H groups in total. The third-order valence-corrected chi connectivity index (χ3v) is 5.28. The van der Waals surface area contributed by atoms with Gasteiger partial charge in [0.15, 0.2) is 11.7 Å². The number of hydrogen-bond donors (Lipinski definition) is 3. The highest BCUT2D eigenvalue weighted by molar-refractivity contribution is 9.10. The van der Waals surface area contributed by atoms with Crippen LogP contribution in [0.25, 0.3) is 0 Å². The van der Waals surface area contributed by atoms with Gasteiger partial charge in [0, 0.05) is 8.95 Å². The standard InChI is InChI=1S/C20H21Br2N3O4S/c1-3-8-28-17-7-4-13(21)10-15(17)19(27)23-20(30)25-24-18(26)11-29-14-5-6-16(22)12(2)9-14/h4-7,9-10H,3,8,11H2,1-2H3,(H,24,26)(H2,23,25,27,30). The van der Waals surface area contributed by atoms with Crippen molar-refractivity contribution in [3.8, 4) is 11.5 Å². The Morgan fingerprint density at radius 1 is 1.07 bits per heavy atom. The molecule has 0 spiro atoms. The number of rotatable bonds is 7. The van der Waals surface area contributed by atoms with E-state index in [2.05, 4.69) is 48.0 Å². The van der Waals surface area contributed by atoms with Gasteiger partial charge in [-0.05, 0) is 67.5 Å². The predicted molar refractivity (Wildman–Crippen MR) is 126 cm³/mol. The molecular weight excluding hydrogens is 538 g/mol. The quantitative estimate of drug-likeness (QED) is 0.351. The van der Waals surface area contributed by atoms with E-state index in [4.69, 9.17) is 21.7 Å². The minimum absolute atomic E-state index is 0.0609. The molecule has 2 amide bonds. The third kappa shape index (κ3) is 7.58. The van der Waals surface area contributed by atoms with Crippen LogP contribution in [0.2, 0.25) is 0 Å². The van der Waals surface area contributed by atoms with E-state index >= 15 is 0 Å². The first kappa shape index (κ1) is 24.1. The molecule has 0 bridgehead atoms. The van der Waals surface area contributed by atoms with Crippen molar-refractivity contribution in [1.82, 2.24) is 16.2 Å². The summed E-state index contributed by atoms with van der Waals surface area (Å²) in [6.07, 6.45) is 0.811. The van der Waals surface area contributed by atoms with Gasteiger partial charge in [0.25, 0.3) is 11.8 Å². The first-order valence-corrected chi connectivity index (χ1v) is 11.0. The lowest BCUT2D eigenvalue weighted by molar-refractivity contribution is -0.123. The zero-order valence-corrected chi connectivity index (χ0v) is 20.4. The maximum Gasteiger partial charge on any atom is 0.276 e. The summed E-state index contributed by atoms with van der Waals surface area (Å²) < 4.78 is 12.7. The largest absolute Gasteiger partial charge is 0.493 e. The van der Waals surface area contributed by atoms with E-state index < -0.39 is 11.8 Å². The number of carbonyl (C=O) groups excluding carboxylic acids is 2. The zero-order valence-electron chi connectivity index (χ0n) is 16.4. The molecule has 30 heavy (non-hydrogen) atoms. The second-order valence-corrected chi connectivity index (χ2v) is 8.32. The van der Waals surface area contributed by atoms with Gasteiger partial charge in [-0.2, -0.15) is 0 Å². The van der Waals surface area contributed by atoms with Crippen molar-refractivity contribution in [2.24, 2.45) is 0 Å². The fraction of sp³-hybridized carbons (Fsp3) is 0.250. The molecule has 0 atom stereocenters. The van der Waals surface area contributed by atoms with Crippen LogP contribution < -0.4 is 25.6 Å². The first-order chi connectivity index (χ1) is 14.3. The molecule has 0 saturated carbocycles. The number of halogens is 2. The summed E-state index contributed by atoms with van der Waals surface area (Å²) in [4.78, 5) is 24.5. The normalized spacial score (nSPS) is 10.1. The molecule has 160 valence electrons. The van der Waals surface area contributed by atoms with Crippen LogP contribution >= 0.6 is 44.1 Å². The van der Waals surface area contributed by atoms with Crippen LogP contribution in [0.4, 0.5) is 0 Å². The summed E-state index contributed by atoms with van der Waals surface area (Å²) in [6, 6.07) is 10.5. The number of thiocarbonyl (C=S) groups is 1. The molecule has 0 aliphatic carbocycles. The molecule has 0 aliphatic rings. The molecule has 0 fully saturated rings. The Bertz CT molecular complexity index is 940. The van der Waals surface area contributed by atoms with E-state index in [9.17, 15) is 9.59 Å². The van der Waals surface area contributed by atoms with Crippen LogP contribution in [0.5, 0.6) is 11.5 Å². The fourth-order valence-electron chi connectivity index (χ4n) is 2.24. The maximum absolute atomic E-state index is 12.5. The highest BCUT2D eigenvalue weighted by Gasteiger charge is 2.15. The van der Waals surface area contributed by atoms with Gasteiger partial charge in [0.2, 0.25) is 0 Å². The number of aryl methyl sites for hydroxylation is 1. The van der Waals surface area contributed by atoms with E-state index in [1.807, 2.05) is 26.0 Å². The summed E-state index contributed by atoms with van der Waals surface area (Å²) in [5.41, 5.74) is 6.17. The van der Waals surface area contributed by atoms with Gasteiger partial charge in [-0.25, -0.2) is 0 Å². The number of nitrogens with one attached hydrogen (secondary N) is 3. The lowest BCUT2D eigenvalue weighted by Crippen LogP contribution is -2.49.